The number of carbonyl (C=O) groups is 2. The van der Waals surface area contributed by atoms with Gasteiger partial charge in [-0.3, -0.25) is 14.5 Å². The molecule has 0 bridgehead atoms. The van der Waals surface area contributed by atoms with E-state index in [-0.39, 0.29) is 43.8 Å². The van der Waals surface area contributed by atoms with Crippen LogP contribution in [0.1, 0.15) is 36.9 Å². The minimum Gasteiger partial charge on any atom is -0.493 e. The molecule has 7 heteroatoms. The lowest BCUT2D eigenvalue weighted by molar-refractivity contribution is -0.138. The molecular weight excluding hydrogens is 392 g/mol. The lowest BCUT2D eigenvalue weighted by Gasteiger charge is -2.17. The number of imide groups is 1. The highest BCUT2D eigenvalue weighted by atomic mass is 35.5. The van der Waals surface area contributed by atoms with Crippen molar-refractivity contribution < 1.29 is 19.1 Å². The third kappa shape index (κ3) is 5.49. The summed E-state index contributed by atoms with van der Waals surface area (Å²) in [5, 5.41) is 4.20. The normalized spacial score (nSPS) is 14.9. The molecule has 1 N–H and O–H groups in total. The fourth-order valence-corrected chi connectivity index (χ4v) is 3.33. The summed E-state index contributed by atoms with van der Waals surface area (Å²) in [6, 6.07) is 13.7. The van der Waals surface area contributed by atoms with Gasteiger partial charge in [-0.15, -0.1) is 0 Å². The zero-order valence-corrected chi connectivity index (χ0v) is 17.4. The quantitative estimate of drug-likeness (QED) is 0.631. The smallest absolute Gasteiger partial charge is 0.229 e. The van der Waals surface area contributed by atoms with Gasteiger partial charge in [-0.05, 0) is 42.3 Å². The SMILES string of the molecule is COc1cc(CN[C@@H](C)c2ccc(Cl)cc2)ccc1OCCN1C(=O)CCC1=O. The highest BCUT2D eigenvalue weighted by Gasteiger charge is 2.28. The standard InChI is InChI=1S/C22H25ClN2O4/c1-15(17-4-6-18(23)7-5-17)24-14-16-3-8-19(20(13-16)28-2)29-12-11-25-21(26)9-10-22(25)27/h3-8,13,15,24H,9-12,14H2,1-2H3/t15-/m0/s1. The van der Waals surface area contributed by atoms with E-state index >= 15 is 0 Å². The summed E-state index contributed by atoms with van der Waals surface area (Å²) in [5.74, 6) is 0.923. The molecular formula is C22H25ClN2O4. The second-order valence-electron chi connectivity index (χ2n) is 6.93. The molecule has 0 aliphatic carbocycles. The molecule has 0 aromatic heterocycles. The summed E-state index contributed by atoms with van der Waals surface area (Å²) in [7, 11) is 1.59. The molecule has 2 aromatic rings. The minimum absolute atomic E-state index is 0.137. The Hall–Kier alpha value is -2.57. The van der Waals surface area contributed by atoms with Crippen molar-refractivity contribution >= 4 is 23.4 Å². The summed E-state index contributed by atoms with van der Waals surface area (Å²) in [4.78, 5) is 24.6. The van der Waals surface area contributed by atoms with Gasteiger partial charge in [0.2, 0.25) is 11.8 Å². The molecule has 29 heavy (non-hydrogen) atoms. The van der Waals surface area contributed by atoms with Gasteiger partial charge < -0.3 is 14.8 Å². The van der Waals surface area contributed by atoms with Crippen LogP contribution in [0.4, 0.5) is 0 Å². The summed E-state index contributed by atoms with van der Waals surface area (Å²) in [5.41, 5.74) is 2.22. The van der Waals surface area contributed by atoms with Crippen LogP contribution in [0.5, 0.6) is 11.5 Å². The first-order valence-corrected chi connectivity index (χ1v) is 9.97. The topological polar surface area (TPSA) is 67.9 Å². The third-order valence-corrected chi connectivity index (χ3v) is 5.19. The van der Waals surface area contributed by atoms with Crippen LogP contribution in [0.2, 0.25) is 5.02 Å². The molecule has 2 amide bonds. The number of hydrogen-bond acceptors (Lipinski definition) is 5. The Balaban J connectivity index is 1.54. The third-order valence-electron chi connectivity index (χ3n) is 4.94. The zero-order valence-electron chi connectivity index (χ0n) is 16.6. The number of hydrogen-bond donors (Lipinski definition) is 1. The van der Waals surface area contributed by atoms with Crippen molar-refractivity contribution in [3.8, 4) is 11.5 Å². The second-order valence-corrected chi connectivity index (χ2v) is 7.36. The van der Waals surface area contributed by atoms with Gasteiger partial charge in [-0.2, -0.15) is 0 Å². The number of nitrogens with zero attached hydrogens (tertiary/aromatic N) is 1. The summed E-state index contributed by atoms with van der Waals surface area (Å²) < 4.78 is 11.2. The molecule has 0 radical (unpaired) electrons. The maximum Gasteiger partial charge on any atom is 0.229 e. The zero-order chi connectivity index (χ0) is 20.8. The van der Waals surface area contributed by atoms with Crippen molar-refractivity contribution in [2.24, 2.45) is 0 Å². The second kappa shape index (κ2) is 9.76. The first-order chi connectivity index (χ1) is 14.0. The van der Waals surface area contributed by atoms with E-state index in [2.05, 4.69) is 12.2 Å². The summed E-state index contributed by atoms with van der Waals surface area (Å²) in [6.07, 6.45) is 0.580. The van der Waals surface area contributed by atoms with Gasteiger partial charge >= 0.3 is 0 Å². The number of nitrogens with one attached hydrogen (secondary N) is 1. The maximum absolute atomic E-state index is 11.7. The number of rotatable bonds is 9. The highest BCUT2D eigenvalue weighted by molar-refractivity contribution is 6.30. The number of amides is 2. The molecule has 1 aliphatic rings. The Kier molecular flexibility index (Phi) is 7.12. The molecule has 0 unspecified atom stereocenters. The summed E-state index contributed by atoms with van der Waals surface area (Å²) in [6.45, 7) is 3.25. The molecule has 1 saturated heterocycles. The van der Waals surface area contributed by atoms with E-state index in [9.17, 15) is 9.59 Å². The van der Waals surface area contributed by atoms with Gasteiger partial charge in [0.15, 0.2) is 11.5 Å². The van der Waals surface area contributed by atoms with Crippen molar-refractivity contribution in [3.05, 3.63) is 58.6 Å². The molecule has 1 heterocycles. The average molecular weight is 417 g/mol. The Morgan fingerprint density at radius 2 is 1.76 bits per heavy atom. The predicted molar refractivity (Wildman–Crippen MR) is 111 cm³/mol. The number of carbonyl (C=O) groups excluding carboxylic acids is 2. The van der Waals surface area contributed by atoms with E-state index in [0.29, 0.717) is 18.0 Å². The van der Waals surface area contributed by atoms with Crippen LogP contribution in [-0.4, -0.2) is 37.0 Å². The van der Waals surface area contributed by atoms with Crippen LogP contribution < -0.4 is 14.8 Å². The fraction of sp³-hybridized carbons (Fsp3) is 0.364. The monoisotopic (exact) mass is 416 g/mol. The molecule has 1 aliphatic heterocycles. The Morgan fingerprint density at radius 3 is 2.41 bits per heavy atom. The number of likely N-dealkylation sites (tertiary alicyclic amines) is 1. The van der Waals surface area contributed by atoms with E-state index in [1.54, 1.807) is 7.11 Å². The van der Waals surface area contributed by atoms with E-state index in [1.807, 2.05) is 42.5 Å². The predicted octanol–water partition coefficient (Wildman–Crippen LogP) is 3.73. The minimum atomic E-state index is -0.137. The first kappa shape index (κ1) is 21.1. The van der Waals surface area contributed by atoms with Gasteiger partial charge in [0, 0.05) is 30.5 Å². The Morgan fingerprint density at radius 1 is 1.07 bits per heavy atom. The van der Waals surface area contributed by atoms with E-state index in [1.165, 1.54) is 4.90 Å². The number of ether oxygens (including phenoxy) is 2. The van der Waals surface area contributed by atoms with Gasteiger partial charge in [0.25, 0.3) is 0 Å². The summed E-state index contributed by atoms with van der Waals surface area (Å²) >= 11 is 5.94. The maximum atomic E-state index is 11.7. The van der Waals surface area contributed by atoms with Gasteiger partial charge in [0.05, 0.1) is 13.7 Å². The van der Waals surface area contributed by atoms with Crippen LogP contribution in [0.3, 0.4) is 0 Å². The van der Waals surface area contributed by atoms with Crippen LogP contribution in [0.25, 0.3) is 0 Å². The van der Waals surface area contributed by atoms with E-state index < -0.39 is 0 Å². The van der Waals surface area contributed by atoms with Crippen molar-refractivity contribution in [1.82, 2.24) is 10.2 Å². The van der Waals surface area contributed by atoms with Crippen LogP contribution >= 0.6 is 11.6 Å². The molecule has 0 saturated carbocycles. The van der Waals surface area contributed by atoms with Crippen LogP contribution in [-0.2, 0) is 16.1 Å². The lowest BCUT2D eigenvalue weighted by atomic mass is 10.1. The largest absolute Gasteiger partial charge is 0.493 e. The highest BCUT2D eigenvalue weighted by Crippen LogP contribution is 2.28. The average Bonchev–Trinajstić information content (AvgIpc) is 3.05. The van der Waals surface area contributed by atoms with Crippen LogP contribution in [0, 0.1) is 0 Å². The lowest BCUT2D eigenvalue weighted by Crippen LogP contribution is -2.33. The number of benzene rings is 2. The van der Waals surface area contributed by atoms with Gasteiger partial charge in [0.1, 0.15) is 6.61 Å². The molecule has 1 atom stereocenters. The van der Waals surface area contributed by atoms with Crippen molar-refractivity contribution in [2.45, 2.75) is 32.4 Å². The Labute approximate surface area is 175 Å². The molecule has 6 nitrogen and oxygen atoms in total. The molecule has 2 aromatic carbocycles. The van der Waals surface area contributed by atoms with Crippen molar-refractivity contribution in [3.63, 3.8) is 0 Å². The van der Waals surface area contributed by atoms with Crippen molar-refractivity contribution in [1.29, 1.82) is 0 Å². The van der Waals surface area contributed by atoms with Gasteiger partial charge in [-0.1, -0.05) is 29.8 Å². The number of halogens is 1. The van der Waals surface area contributed by atoms with Gasteiger partial charge in [-0.25, -0.2) is 0 Å². The van der Waals surface area contributed by atoms with E-state index in [0.717, 1.165) is 16.1 Å². The molecule has 0 spiro atoms. The van der Waals surface area contributed by atoms with E-state index in [4.69, 9.17) is 21.1 Å². The molecule has 154 valence electrons. The number of methoxy groups -OCH3 is 1. The fourth-order valence-electron chi connectivity index (χ4n) is 3.20. The van der Waals surface area contributed by atoms with Crippen molar-refractivity contribution in [2.75, 3.05) is 20.3 Å². The molecule has 1 fully saturated rings. The van der Waals surface area contributed by atoms with Crippen LogP contribution in [0.15, 0.2) is 42.5 Å². The molecule has 3 rings (SSSR count). The Bertz CT molecular complexity index is 854. The first-order valence-electron chi connectivity index (χ1n) is 9.59.